The van der Waals surface area contributed by atoms with Gasteiger partial charge in [0.05, 0.1) is 0 Å². The molecule has 0 fully saturated rings. The molecule has 0 aliphatic carbocycles. The Bertz CT molecular complexity index is 481. The maximum absolute atomic E-state index is 11.8. The van der Waals surface area contributed by atoms with Crippen molar-refractivity contribution in [1.82, 2.24) is 0 Å². The first kappa shape index (κ1) is 16.0. The van der Waals surface area contributed by atoms with Gasteiger partial charge < -0.3 is 21.5 Å². The lowest BCUT2D eigenvalue weighted by atomic mass is 10.00. The molecule has 0 saturated carbocycles. The number of primary amides is 1. The van der Waals surface area contributed by atoms with Crippen LogP contribution in [0.4, 0.5) is 5.69 Å². The molecule has 0 unspecified atom stereocenters. The molecule has 0 atom stereocenters. The molecule has 0 saturated heterocycles. The number of carbonyl (C=O) groups is 2. The number of anilines is 1. The minimum atomic E-state index is -0.551. The Labute approximate surface area is 118 Å². The van der Waals surface area contributed by atoms with Gasteiger partial charge in [-0.2, -0.15) is 0 Å². The third-order valence-electron chi connectivity index (χ3n) is 2.50. The third kappa shape index (κ3) is 6.75. The topological polar surface area (TPSA) is 107 Å². The number of benzene rings is 1. The molecule has 20 heavy (non-hydrogen) atoms. The molecule has 1 rings (SSSR count). The Morgan fingerprint density at radius 2 is 2.05 bits per heavy atom. The number of carbonyl (C=O) groups excluding carboxylic acids is 2. The number of amides is 2. The van der Waals surface area contributed by atoms with E-state index in [4.69, 9.17) is 16.2 Å². The number of ether oxygens (including phenoxy) is 1. The van der Waals surface area contributed by atoms with E-state index in [0.29, 0.717) is 24.3 Å². The van der Waals surface area contributed by atoms with Gasteiger partial charge in [0, 0.05) is 23.7 Å². The van der Waals surface area contributed by atoms with Crippen molar-refractivity contribution in [3.8, 4) is 5.75 Å². The van der Waals surface area contributed by atoms with Crippen LogP contribution in [0.2, 0.25) is 0 Å². The van der Waals surface area contributed by atoms with Crippen molar-refractivity contribution in [2.45, 2.75) is 32.2 Å². The molecule has 6 heteroatoms. The number of hydrogen-bond donors (Lipinski definition) is 3. The fraction of sp³-hybridized carbons (Fsp3) is 0.429. The highest BCUT2D eigenvalue weighted by Gasteiger charge is 2.13. The zero-order valence-electron chi connectivity index (χ0n) is 11.8. The molecular weight excluding hydrogens is 258 g/mol. The van der Waals surface area contributed by atoms with Gasteiger partial charge in [-0.3, -0.25) is 9.59 Å². The minimum Gasteiger partial charge on any atom is -0.484 e. The van der Waals surface area contributed by atoms with E-state index in [1.54, 1.807) is 24.3 Å². The molecule has 0 heterocycles. The molecule has 6 nitrogen and oxygen atoms in total. The van der Waals surface area contributed by atoms with Crippen LogP contribution in [-0.4, -0.2) is 24.0 Å². The summed E-state index contributed by atoms with van der Waals surface area (Å²) in [5.41, 5.74) is 11.1. The van der Waals surface area contributed by atoms with Gasteiger partial charge in [0.25, 0.3) is 5.91 Å². The second-order valence-corrected chi connectivity index (χ2v) is 5.32. The SMILES string of the molecule is CC(C)(N)CCC(=O)Nc1cccc(OCC(N)=O)c1. The van der Waals surface area contributed by atoms with Crippen molar-refractivity contribution in [3.63, 3.8) is 0 Å². The summed E-state index contributed by atoms with van der Waals surface area (Å²) in [6.45, 7) is 3.55. The molecule has 1 aromatic carbocycles. The first-order chi connectivity index (χ1) is 9.26. The summed E-state index contributed by atoms with van der Waals surface area (Å²) in [5, 5.41) is 2.75. The first-order valence-corrected chi connectivity index (χ1v) is 6.36. The molecule has 0 radical (unpaired) electrons. The van der Waals surface area contributed by atoms with E-state index in [1.807, 2.05) is 13.8 Å². The molecule has 0 aromatic heterocycles. The Balaban J connectivity index is 2.53. The number of nitrogens with one attached hydrogen (secondary N) is 1. The van der Waals surface area contributed by atoms with E-state index in [9.17, 15) is 9.59 Å². The van der Waals surface area contributed by atoms with Crippen LogP contribution in [0.3, 0.4) is 0 Å². The highest BCUT2D eigenvalue weighted by Crippen LogP contribution is 2.18. The normalized spacial score (nSPS) is 10.9. The van der Waals surface area contributed by atoms with Crippen molar-refractivity contribution in [2.24, 2.45) is 11.5 Å². The third-order valence-corrected chi connectivity index (χ3v) is 2.50. The molecular formula is C14H21N3O3. The summed E-state index contributed by atoms with van der Waals surface area (Å²) in [6.07, 6.45) is 0.937. The van der Waals surface area contributed by atoms with Crippen molar-refractivity contribution in [3.05, 3.63) is 24.3 Å². The van der Waals surface area contributed by atoms with E-state index in [-0.39, 0.29) is 18.1 Å². The second-order valence-electron chi connectivity index (χ2n) is 5.32. The maximum atomic E-state index is 11.8. The number of rotatable bonds is 7. The zero-order chi connectivity index (χ0) is 15.2. The van der Waals surface area contributed by atoms with Crippen LogP contribution in [0.1, 0.15) is 26.7 Å². The van der Waals surface area contributed by atoms with Gasteiger partial charge in [-0.15, -0.1) is 0 Å². The predicted molar refractivity (Wildman–Crippen MR) is 77.3 cm³/mol. The van der Waals surface area contributed by atoms with Crippen LogP contribution in [0.15, 0.2) is 24.3 Å². The lowest BCUT2D eigenvalue weighted by Gasteiger charge is -2.17. The fourth-order valence-electron chi connectivity index (χ4n) is 1.48. The summed E-state index contributed by atoms with van der Waals surface area (Å²) in [6, 6.07) is 6.78. The van der Waals surface area contributed by atoms with Crippen LogP contribution in [0, 0.1) is 0 Å². The highest BCUT2D eigenvalue weighted by molar-refractivity contribution is 5.90. The van der Waals surface area contributed by atoms with Crippen LogP contribution in [-0.2, 0) is 9.59 Å². The molecule has 2 amide bonds. The molecule has 0 aliphatic heterocycles. The zero-order valence-corrected chi connectivity index (χ0v) is 11.8. The first-order valence-electron chi connectivity index (χ1n) is 6.36. The monoisotopic (exact) mass is 279 g/mol. The Hall–Kier alpha value is -2.08. The maximum Gasteiger partial charge on any atom is 0.255 e. The molecule has 5 N–H and O–H groups in total. The number of nitrogens with two attached hydrogens (primary N) is 2. The van der Waals surface area contributed by atoms with E-state index < -0.39 is 5.91 Å². The van der Waals surface area contributed by atoms with E-state index in [0.717, 1.165) is 0 Å². The van der Waals surface area contributed by atoms with Crippen molar-refractivity contribution >= 4 is 17.5 Å². The van der Waals surface area contributed by atoms with Crippen LogP contribution < -0.4 is 21.5 Å². The van der Waals surface area contributed by atoms with Gasteiger partial charge in [0.1, 0.15) is 5.75 Å². The second kappa shape index (κ2) is 6.91. The molecule has 0 aliphatic rings. The summed E-state index contributed by atoms with van der Waals surface area (Å²) >= 11 is 0. The van der Waals surface area contributed by atoms with Crippen LogP contribution in [0.25, 0.3) is 0 Å². The van der Waals surface area contributed by atoms with Gasteiger partial charge in [-0.25, -0.2) is 0 Å². The lowest BCUT2D eigenvalue weighted by Crippen LogP contribution is -2.33. The minimum absolute atomic E-state index is 0.115. The molecule has 0 spiro atoms. The predicted octanol–water partition coefficient (Wildman–Crippen LogP) is 1.01. The van der Waals surface area contributed by atoms with Crippen molar-refractivity contribution < 1.29 is 14.3 Å². The van der Waals surface area contributed by atoms with Crippen molar-refractivity contribution in [1.29, 1.82) is 0 Å². The van der Waals surface area contributed by atoms with Gasteiger partial charge >= 0.3 is 0 Å². The summed E-state index contributed by atoms with van der Waals surface area (Å²) in [4.78, 5) is 22.4. The summed E-state index contributed by atoms with van der Waals surface area (Å²) in [7, 11) is 0. The van der Waals surface area contributed by atoms with E-state index in [2.05, 4.69) is 5.32 Å². The van der Waals surface area contributed by atoms with Crippen LogP contribution in [0.5, 0.6) is 5.75 Å². The van der Waals surface area contributed by atoms with Gasteiger partial charge in [-0.1, -0.05) is 6.07 Å². The van der Waals surface area contributed by atoms with E-state index in [1.165, 1.54) is 0 Å². The fourth-order valence-corrected chi connectivity index (χ4v) is 1.48. The highest BCUT2D eigenvalue weighted by atomic mass is 16.5. The summed E-state index contributed by atoms with van der Waals surface area (Å²) in [5.74, 6) is -0.194. The van der Waals surface area contributed by atoms with Crippen molar-refractivity contribution in [2.75, 3.05) is 11.9 Å². The smallest absolute Gasteiger partial charge is 0.255 e. The largest absolute Gasteiger partial charge is 0.484 e. The Kier molecular flexibility index (Phi) is 5.52. The average Bonchev–Trinajstić information content (AvgIpc) is 2.34. The Morgan fingerprint density at radius 3 is 2.65 bits per heavy atom. The van der Waals surface area contributed by atoms with Gasteiger partial charge in [-0.05, 0) is 32.4 Å². The number of hydrogen-bond acceptors (Lipinski definition) is 4. The lowest BCUT2D eigenvalue weighted by molar-refractivity contribution is -0.120. The van der Waals surface area contributed by atoms with Crippen LogP contribution >= 0.6 is 0 Å². The molecule has 0 bridgehead atoms. The molecule has 110 valence electrons. The quantitative estimate of drug-likeness (QED) is 0.692. The van der Waals surface area contributed by atoms with Gasteiger partial charge in [0.2, 0.25) is 5.91 Å². The summed E-state index contributed by atoms with van der Waals surface area (Å²) < 4.78 is 5.16. The average molecular weight is 279 g/mol. The molecule has 1 aromatic rings. The standard InChI is InChI=1S/C14H21N3O3/c1-14(2,16)7-6-13(19)17-10-4-3-5-11(8-10)20-9-12(15)18/h3-5,8H,6-7,9,16H2,1-2H3,(H2,15,18)(H,17,19). The van der Waals surface area contributed by atoms with Gasteiger partial charge in [0.15, 0.2) is 6.61 Å². The Morgan fingerprint density at radius 1 is 1.35 bits per heavy atom. The van der Waals surface area contributed by atoms with E-state index >= 15 is 0 Å².